The van der Waals surface area contributed by atoms with Crippen LogP contribution in [-0.2, 0) is 4.79 Å². The van der Waals surface area contributed by atoms with Crippen molar-refractivity contribution in [1.29, 1.82) is 0 Å². The first-order valence-corrected chi connectivity index (χ1v) is 7.14. The van der Waals surface area contributed by atoms with E-state index in [-0.39, 0.29) is 5.91 Å². The SMILES string of the molecule is CCCC(=O)Nc1ccc(-c2ccc(Br)cc2)cc1. The molecule has 0 radical (unpaired) electrons. The first kappa shape index (κ1) is 13.8. The molecule has 19 heavy (non-hydrogen) atoms. The number of carbonyl (C=O) groups is 1. The second-order valence-corrected chi connectivity index (χ2v) is 5.30. The third-order valence-corrected chi connectivity index (χ3v) is 3.35. The summed E-state index contributed by atoms with van der Waals surface area (Å²) in [6, 6.07) is 16.1. The molecule has 0 aliphatic carbocycles. The maximum Gasteiger partial charge on any atom is 0.224 e. The van der Waals surface area contributed by atoms with Crippen molar-refractivity contribution in [3.8, 4) is 11.1 Å². The summed E-state index contributed by atoms with van der Waals surface area (Å²) in [5.41, 5.74) is 3.15. The highest BCUT2D eigenvalue weighted by Crippen LogP contribution is 2.23. The Hall–Kier alpha value is -1.61. The number of rotatable bonds is 4. The number of halogens is 1. The molecular weight excluding hydrogens is 302 g/mol. The Morgan fingerprint density at radius 2 is 1.53 bits per heavy atom. The van der Waals surface area contributed by atoms with Crippen LogP contribution in [0.2, 0.25) is 0 Å². The lowest BCUT2D eigenvalue weighted by atomic mass is 10.1. The average Bonchev–Trinajstić information content (AvgIpc) is 2.41. The van der Waals surface area contributed by atoms with Gasteiger partial charge in [-0.3, -0.25) is 4.79 Å². The lowest BCUT2D eigenvalue weighted by Crippen LogP contribution is -2.10. The molecular formula is C16H16BrNO. The van der Waals surface area contributed by atoms with Gasteiger partial charge in [0.2, 0.25) is 5.91 Å². The lowest BCUT2D eigenvalue weighted by molar-refractivity contribution is -0.116. The van der Waals surface area contributed by atoms with Crippen molar-refractivity contribution >= 4 is 27.5 Å². The van der Waals surface area contributed by atoms with Crippen LogP contribution < -0.4 is 5.32 Å². The summed E-state index contributed by atoms with van der Waals surface area (Å²) in [5.74, 6) is 0.0684. The predicted octanol–water partition coefficient (Wildman–Crippen LogP) is 4.85. The summed E-state index contributed by atoms with van der Waals surface area (Å²) < 4.78 is 1.07. The number of hydrogen-bond acceptors (Lipinski definition) is 1. The number of nitrogens with one attached hydrogen (secondary N) is 1. The van der Waals surface area contributed by atoms with Gasteiger partial charge in [-0.1, -0.05) is 47.1 Å². The zero-order valence-corrected chi connectivity index (χ0v) is 12.4. The summed E-state index contributed by atoms with van der Waals surface area (Å²) in [5, 5.41) is 2.88. The Kier molecular flexibility index (Phi) is 4.74. The van der Waals surface area contributed by atoms with Gasteiger partial charge in [0.05, 0.1) is 0 Å². The summed E-state index contributed by atoms with van der Waals surface area (Å²) >= 11 is 3.42. The van der Waals surface area contributed by atoms with E-state index in [4.69, 9.17) is 0 Å². The van der Waals surface area contributed by atoms with Gasteiger partial charge < -0.3 is 5.32 Å². The molecule has 0 unspecified atom stereocenters. The van der Waals surface area contributed by atoms with Gasteiger partial charge in [0, 0.05) is 16.6 Å². The molecule has 0 aromatic heterocycles. The van der Waals surface area contributed by atoms with Crippen LogP contribution in [0, 0.1) is 0 Å². The zero-order chi connectivity index (χ0) is 13.7. The lowest BCUT2D eigenvalue weighted by Gasteiger charge is -2.06. The predicted molar refractivity (Wildman–Crippen MR) is 83.1 cm³/mol. The molecule has 0 saturated carbocycles. The Morgan fingerprint density at radius 3 is 2.05 bits per heavy atom. The molecule has 0 saturated heterocycles. The maximum absolute atomic E-state index is 11.5. The molecule has 0 bridgehead atoms. The van der Waals surface area contributed by atoms with E-state index in [1.807, 2.05) is 43.3 Å². The highest BCUT2D eigenvalue weighted by Gasteiger charge is 2.01. The molecule has 0 fully saturated rings. The molecule has 0 aliphatic heterocycles. The van der Waals surface area contributed by atoms with E-state index >= 15 is 0 Å². The Bertz CT molecular complexity index is 546. The first-order chi connectivity index (χ1) is 9.19. The van der Waals surface area contributed by atoms with Crippen LogP contribution in [0.4, 0.5) is 5.69 Å². The van der Waals surface area contributed by atoms with E-state index in [9.17, 15) is 4.79 Å². The van der Waals surface area contributed by atoms with Gasteiger partial charge in [-0.25, -0.2) is 0 Å². The molecule has 2 rings (SSSR count). The van der Waals surface area contributed by atoms with Crippen molar-refractivity contribution in [1.82, 2.24) is 0 Å². The molecule has 2 nitrogen and oxygen atoms in total. The minimum Gasteiger partial charge on any atom is -0.326 e. The van der Waals surface area contributed by atoms with E-state index in [0.29, 0.717) is 6.42 Å². The van der Waals surface area contributed by atoms with Crippen LogP contribution in [-0.4, -0.2) is 5.91 Å². The maximum atomic E-state index is 11.5. The molecule has 0 heterocycles. The molecule has 0 spiro atoms. The van der Waals surface area contributed by atoms with Gasteiger partial charge in [0.25, 0.3) is 0 Å². The molecule has 0 atom stereocenters. The highest BCUT2D eigenvalue weighted by atomic mass is 79.9. The topological polar surface area (TPSA) is 29.1 Å². The van der Waals surface area contributed by atoms with Gasteiger partial charge in [0.15, 0.2) is 0 Å². The van der Waals surface area contributed by atoms with Crippen molar-refractivity contribution in [2.45, 2.75) is 19.8 Å². The fourth-order valence-electron chi connectivity index (χ4n) is 1.84. The Balaban J connectivity index is 2.10. The molecule has 2 aromatic carbocycles. The molecule has 98 valence electrons. The van der Waals surface area contributed by atoms with E-state index in [1.165, 1.54) is 0 Å². The van der Waals surface area contributed by atoms with Crippen LogP contribution in [0.15, 0.2) is 53.0 Å². The monoisotopic (exact) mass is 317 g/mol. The van der Waals surface area contributed by atoms with E-state index in [1.54, 1.807) is 0 Å². The zero-order valence-electron chi connectivity index (χ0n) is 10.8. The third kappa shape index (κ3) is 3.93. The van der Waals surface area contributed by atoms with E-state index in [0.717, 1.165) is 27.7 Å². The van der Waals surface area contributed by atoms with Crippen molar-refractivity contribution in [3.05, 3.63) is 53.0 Å². The van der Waals surface area contributed by atoms with E-state index in [2.05, 4.69) is 33.4 Å². The molecule has 1 N–H and O–H groups in total. The summed E-state index contributed by atoms with van der Waals surface area (Å²) in [6.07, 6.45) is 1.43. The number of anilines is 1. The minimum absolute atomic E-state index is 0.0684. The average molecular weight is 318 g/mol. The standard InChI is InChI=1S/C16H16BrNO/c1-2-3-16(19)18-15-10-6-13(7-11-15)12-4-8-14(17)9-5-12/h4-11H,2-3H2,1H3,(H,18,19). The third-order valence-electron chi connectivity index (χ3n) is 2.82. The smallest absolute Gasteiger partial charge is 0.224 e. The number of amides is 1. The second-order valence-electron chi connectivity index (χ2n) is 4.38. The summed E-state index contributed by atoms with van der Waals surface area (Å²) in [6.45, 7) is 2.00. The van der Waals surface area contributed by atoms with Crippen molar-refractivity contribution in [2.75, 3.05) is 5.32 Å². The first-order valence-electron chi connectivity index (χ1n) is 6.35. The van der Waals surface area contributed by atoms with Crippen LogP contribution in [0.25, 0.3) is 11.1 Å². The van der Waals surface area contributed by atoms with Crippen molar-refractivity contribution in [3.63, 3.8) is 0 Å². The molecule has 1 amide bonds. The largest absolute Gasteiger partial charge is 0.326 e. The Labute approximate surface area is 122 Å². The van der Waals surface area contributed by atoms with Crippen LogP contribution in [0.1, 0.15) is 19.8 Å². The van der Waals surface area contributed by atoms with E-state index < -0.39 is 0 Å². The highest BCUT2D eigenvalue weighted by molar-refractivity contribution is 9.10. The quantitative estimate of drug-likeness (QED) is 0.857. The van der Waals surface area contributed by atoms with Gasteiger partial charge in [-0.2, -0.15) is 0 Å². The molecule has 2 aromatic rings. The molecule has 0 aliphatic rings. The van der Waals surface area contributed by atoms with Crippen LogP contribution in [0.3, 0.4) is 0 Å². The van der Waals surface area contributed by atoms with Gasteiger partial charge in [0.1, 0.15) is 0 Å². The number of benzene rings is 2. The summed E-state index contributed by atoms with van der Waals surface area (Å²) in [7, 11) is 0. The number of carbonyl (C=O) groups excluding carboxylic acids is 1. The summed E-state index contributed by atoms with van der Waals surface area (Å²) in [4.78, 5) is 11.5. The Morgan fingerprint density at radius 1 is 1.00 bits per heavy atom. The number of hydrogen-bond donors (Lipinski definition) is 1. The van der Waals surface area contributed by atoms with Crippen molar-refractivity contribution < 1.29 is 4.79 Å². The minimum atomic E-state index is 0.0684. The van der Waals surface area contributed by atoms with Crippen LogP contribution in [0.5, 0.6) is 0 Å². The van der Waals surface area contributed by atoms with Gasteiger partial charge in [-0.15, -0.1) is 0 Å². The van der Waals surface area contributed by atoms with Gasteiger partial charge >= 0.3 is 0 Å². The van der Waals surface area contributed by atoms with Crippen molar-refractivity contribution in [2.24, 2.45) is 0 Å². The second kappa shape index (κ2) is 6.53. The fourth-order valence-corrected chi connectivity index (χ4v) is 2.10. The van der Waals surface area contributed by atoms with Gasteiger partial charge in [-0.05, 0) is 41.8 Å². The molecule has 3 heteroatoms. The van der Waals surface area contributed by atoms with Crippen LogP contribution >= 0.6 is 15.9 Å². The normalized spacial score (nSPS) is 10.2. The fraction of sp³-hybridized carbons (Fsp3) is 0.188.